The Morgan fingerprint density at radius 2 is 2.11 bits per heavy atom. The van der Waals surface area contributed by atoms with E-state index in [9.17, 15) is 14.7 Å². The maximum Gasteiger partial charge on any atom is 0.305 e. The Morgan fingerprint density at radius 1 is 1.42 bits per heavy atom. The molecule has 0 radical (unpaired) electrons. The third kappa shape index (κ3) is 4.90. The molecule has 0 aliphatic carbocycles. The molecule has 0 aromatic heterocycles. The van der Waals surface area contributed by atoms with E-state index in [-0.39, 0.29) is 17.7 Å². The van der Waals surface area contributed by atoms with Gasteiger partial charge in [-0.15, -0.1) is 0 Å². The summed E-state index contributed by atoms with van der Waals surface area (Å²) in [5.74, 6) is -1.57. The van der Waals surface area contributed by atoms with Crippen LogP contribution in [-0.2, 0) is 4.79 Å². The Labute approximate surface area is 119 Å². The molecule has 0 spiro atoms. The third-order valence-corrected chi connectivity index (χ3v) is 3.09. The summed E-state index contributed by atoms with van der Waals surface area (Å²) in [6.45, 7) is 1.91. The summed E-state index contributed by atoms with van der Waals surface area (Å²) in [4.78, 5) is 22.7. The van der Waals surface area contributed by atoms with Crippen molar-refractivity contribution in [3.05, 3.63) is 28.2 Å². The molecule has 0 aliphatic rings. The van der Waals surface area contributed by atoms with Gasteiger partial charge in [-0.25, -0.2) is 0 Å². The Kier molecular flexibility index (Phi) is 5.82. The molecule has 1 amide bonds. The minimum absolute atomic E-state index is 0.128. The van der Waals surface area contributed by atoms with Crippen LogP contribution in [0.5, 0.6) is 5.75 Å². The number of amides is 1. The van der Waals surface area contributed by atoms with E-state index in [2.05, 4.69) is 21.2 Å². The molecule has 5 nitrogen and oxygen atoms in total. The molecule has 0 bridgehead atoms. The first-order chi connectivity index (χ1) is 8.93. The highest BCUT2D eigenvalue weighted by Crippen LogP contribution is 2.22. The molecule has 1 aromatic rings. The average Bonchev–Trinajstić information content (AvgIpc) is 2.27. The van der Waals surface area contributed by atoms with Crippen molar-refractivity contribution >= 4 is 27.8 Å². The number of rotatable bonds is 6. The molecule has 0 fully saturated rings. The lowest BCUT2D eigenvalue weighted by molar-refractivity contribution is -0.137. The number of benzene rings is 1. The summed E-state index contributed by atoms with van der Waals surface area (Å²) >= 11 is 3.18. The van der Waals surface area contributed by atoms with Gasteiger partial charge >= 0.3 is 5.97 Å². The van der Waals surface area contributed by atoms with E-state index in [1.54, 1.807) is 6.07 Å². The zero-order valence-electron chi connectivity index (χ0n) is 10.5. The molecular weight excluding hydrogens is 314 g/mol. The Bertz CT molecular complexity index is 476. The molecule has 0 aliphatic heterocycles. The second kappa shape index (κ2) is 7.13. The summed E-state index contributed by atoms with van der Waals surface area (Å²) < 4.78 is 0.664. The number of carbonyl (C=O) groups is 2. The fraction of sp³-hybridized carbons (Fsp3) is 0.385. The van der Waals surface area contributed by atoms with Gasteiger partial charge in [0.1, 0.15) is 5.75 Å². The summed E-state index contributed by atoms with van der Waals surface area (Å²) in [5.41, 5.74) is 0.134. The van der Waals surface area contributed by atoms with Crippen molar-refractivity contribution < 1.29 is 19.8 Å². The zero-order valence-corrected chi connectivity index (χ0v) is 12.1. The van der Waals surface area contributed by atoms with E-state index in [0.29, 0.717) is 10.9 Å². The first-order valence-corrected chi connectivity index (χ1v) is 6.74. The lowest BCUT2D eigenvalue weighted by atomic mass is 10.1. The number of hydrogen-bond acceptors (Lipinski definition) is 3. The molecule has 6 heteroatoms. The number of carbonyl (C=O) groups excluding carboxylic acids is 1. The number of hydrogen-bond donors (Lipinski definition) is 3. The number of phenolic OH excluding ortho intramolecular Hbond substituents is 1. The first-order valence-electron chi connectivity index (χ1n) is 5.95. The molecular formula is C13H16BrNO4. The van der Waals surface area contributed by atoms with E-state index in [0.717, 1.165) is 6.42 Å². The molecule has 0 saturated carbocycles. The zero-order chi connectivity index (χ0) is 14.4. The van der Waals surface area contributed by atoms with E-state index >= 15 is 0 Å². The second-order valence-electron chi connectivity index (χ2n) is 4.22. The molecule has 104 valence electrons. The maximum absolute atomic E-state index is 12.0. The van der Waals surface area contributed by atoms with Crippen molar-refractivity contribution in [3.8, 4) is 5.75 Å². The van der Waals surface area contributed by atoms with Crippen molar-refractivity contribution in [2.24, 2.45) is 0 Å². The SMILES string of the molecule is CCCC(CC(=O)O)NC(=O)c1ccc(Br)cc1O. The largest absolute Gasteiger partial charge is 0.507 e. The van der Waals surface area contributed by atoms with Crippen LogP contribution in [0.1, 0.15) is 36.5 Å². The Morgan fingerprint density at radius 3 is 2.63 bits per heavy atom. The number of halogens is 1. The van der Waals surface area contributed by atoms with Crippen molar-refractivity contribution in [2.45, 2.75) is 32.2 Å². The van der Waals surface area contributed by atoms with Gasteiger partial charge in [-0.05, 0) is 24.6 Å². The minimum atomic E-state index is -0.959. The van der Waals surface area contributed by atoms with Crippen LogP contribution in [0.15, 0.2) is 22.7 Å². The number of nitrogens with one attached hydrogen (secondary N) is 1. The highest BCUT2D eigenvalue weighted by Gasteiger charge is 2.18. The van der Waals surface area contributed by atoms with Gasteiger partial charge in [0.25, 0.3) is 5.91 Å². The molecule has 0 saturated heterocycles. The topological polar surface area (TPSA) is 86.6 Å². The molecule has 3 N–H and O–H groups in total. The predicted molar refractivity (Wildman–Crippen MR) is 74.2 cm³/mol. The van der Waals surface area contributed by atoms with Crippen molar-refractivity contribution in [3.63, 3.8) is 0 Å². The van der Waals surface area contributed by atoms with E-state index in [4.69, 9.17) is 5.11 Å². The van der Waals surface area contributed by atoms with Gasteiger partial charge in [-0.2, -0.15) is 0 Å². The van der Waals surface area contributed by atoms with Gasteiger partial charge in [-0.3, -0.25) is 9.59 Å². The number of aromatic hydroxyl groups is 1. The Hall–Kier alpha value is -1.56. The average molecular weight is 330 g/mol. The highest BCUT2D eigenvalue weighted by molar-refractivity contribution is 9.10. The van der Waals surface area contributed by atoms with Gasteiger partial charge < -0.3 is 15.5 Å². The quantitative estimate of drug-likeness (QED) is 0.748. The molecule has 1 rings (SSSR count). The van der Waals surface area contributed by atoms with Crippen LogP contribution in [0.2, 0.25) is 0 Å². The molecule has 0 heterocycles. The first kappa shape index (κ1) is 15.5. The van der Waals surface area contributed by atoms with E-state index in [1.165, 1.54) is 12.1 Å². The maximum atomic E-state index is 12.0. The van der Waals surface area contributed by atoms with Crippen LogP contribution in [0.3, 0.4) is 0 Å². The van der Waals surface area contributed by atoms with Crippen molar-refractivity contribution in [1.29, 1.82) is 0 Å². The standard InChI is InChI=1S/C13H16BrNO4/c1-2-3-9(7-12(17)18)15-13(19)10-5-4-8(14)6-11(10)16/h4-6,9,16H,2-3,7H2,1H3,(H,15,19)(H,17,18). The Balaban J connectivity index is 2.78. The number of carboxylic acid groups (broad SMARTS) is 1. The summed E-state index contributed by atoms with van der Waals surface area (Å²) in [6.07, 6.45) is 1.22. The van der Waals surface area contributed by atoms with Gasteiger partial charge in [0.05, 0.1) is 12.0 Å². The minimum Gasteiger partial charge on any atom is -0.507 e. The predicted octanol–water partition coefficient (Wildman–Crippen LogP) is 2.53. The smallest absolute Gasteiger partial charge is 0.305 e. The van der Waals surface area contributed by atoms with Crippen LogP contribution < -0.4 is 5.32 Å². The fourth-order valence-electron chi connectivity index (χ4n) is 1.74. The van der Waals surface area contributed by atoms with Gasteiger partial charge in [0.2, 0.25) is 0 Å². The lowest BCUT2D eigenvalue weighted by Crippen LogP contribution is -2.36. The summed E-state index contributed by atoms with van der Waals surface area (Å²) in [5, 5.41) is 21.1. The number of phenols is 1. The van der Waals surface area contributed by atoms with Crippen LogP contribution >= 0.6 is 15.9 Å². The van der Waals surface area contributed by atoms with Gasteiger partial charge in [0, 0.05) is 10.5 Å². The van der Waals surface area contributed by atoms with Crippen LogP contribution in [-0.4, -0.2) is 28.1 Å². The van der Waals surface area contributed by atoms with Crippen LogP contribution in [0.4, 0.5) is 0 Å². The normalized spacial score (nSPS) is 11.9. The molecule has 1 atom stereocenters. The third-order valence-electron chi connectivity index (χ3n) is 2.60. The van der Waals surface area contributed by atoms with Crippen LogP contribution in [0, 0.1) is 0 Å². The summed E-state index contributed by atoms with van der Waals surface area (Å²) in [6, 6.07) is 4.11. The molecule has 19 heavy (non-hydrogen) atoms. The second-order valence-corrected chi connectivity index (χ2v) is 5.13. The molecule has 1 aromatic carbocycles. The fourth-order valence-corrected chi connectivity index (χ4v) is 2.09. The summed E-state index contributed by atoms with van der Waals surface area (Å²) in [7, 11) is 0. The highest BCUT2D eigenvalue weighted by atomic mass is 79.9. The van der Waals surface area contributed by atoms with E-state index < -0.39 is 17.9 Å². The van der Waals surface area contributed by atoms with Crippen molar-refractivity contribution in [1.82, 2.24) is 5.32 Å². The van der Waals surface area contributed by atoms with Crippen molar-refractivity contribution in [2.75, 3.05) is 0 Å². The lowest BCUT2D eigenvalue weighted by Gasteiger charge is -2.16. The van der Waals surface area contributed by atoms with Crippen LogP contribution in [0.25, 0.3) is 0 Å². The monoisotopic (exact) mass is 329 g/mol. The number of carboxylic acids is 1. The van der Waals surface area contributed by atoms with Gasteiger partial charge in [-0.1, -0.05) is 29.3 Å². The van der Waals surface area contributed by atoms with Gasteiger partial charge in [0.15, 0.2) is 0 Å². The molecule has 1 unspecified atom stereocenters. The number of aliphatic carboxylic acids is 1. The van der Waals surface area contributed by atoms with E-state index in [1.807, 2.05) is 6.92 Å².